The molecular weight excluding hydrogens is 851 g/mol. The third-order valence-corrected chi connectivity index (χ3v) is 12.1. The predicted molar refractivity (Wildman–Crippen MR) is 256 cm³/mol. The van der Waals surface area contributed by atoms with Gasteiger partial charge in [-0.05, 0) is 25.7 Å². The molecule has 0 bridgehead atoms. The first-order chi connectivity index (χ1) is 31.6. The van der Waals surface area contributed by atoms with Gasteiger partial charge in [-0.2, -0.15) is 11.8 Å². The zero-order valence-electron chi connectivity index (χ0n) is 40.6. The lowest BCUT2D eigenvalue weighted by molar-refractivity contribution is -0.167. The number of aromatic nitrogens is 3. The van der Waals surface area contributed by atoms with Gasteiger partial charge in [-0.3, -0.25) is 28.8 Å². The van der Waals surface area contributed by atoms with E-state index in [0.717, 1.165) is 38.5 Å². The Morgan fingerprint density at radius 1 is 0.646 bits per heavy atom. The zero-order chi connectivity index (χ0) is 47.6. The van der Waals surface area contributed by atoms with Crippen molar-refractivity contribution in [1.82, 2.24) is 25.2 Å². The van der Waals surface area contributed by atoms with Crippen LogP contribution in [0.1, 0.15) is 206 Å². The number of hydrogen-bond acceptors (Lipinski definition) is 12. The molecule has 1 aromatic heterocycles. The van der Waals surface area contributed by atoms with Crippen LogP contribution in [0, 0.1) is 0 Å². The minimum absolute atomic E-state index is 0.0240. The number of nitrogens with one attached hydrogen (secondary N) is 1. The second-order valence-corrected chi connectivity index (χ2v) is 18.4. The second kappa shape index (κ2) is 41.7. The number of carboxylic acids is 1. The molecule has 0 aliphatic rings. The van der Waals surface area contributed by atoms with Crippen molar-refractivity contribution in [1.29, 1.82) is 0 Å². The van der Waals surface area contributed by atoms with Crippen LogP contribution in [0.15, 0.2) is 6.20 Å². The first-order valence-electron chi connectivity index (χ1n) is 25.3. The molecule has 0 aliphatic carbocycles. The number of ether oxygens (including phenoxy) is 3. The smallest absolute Gasteiger partial charge is 0.327 e. The van der Waals surface area contributed by atoms with Crippen LogP contribution in [-0.2, 0) is 55.9 Å². The number of esters is 3. The third kappa shape index (κ3) is 36.2. The van der Waals surface area contributed by atoms with Crippen molar-refractivity contribution in [3.8, 4) is 0 Å². The van der Waals surface area contributed by atoms with Crippen LogP contribution >= 0.6 is 11.8 Å². The van der Waals surface area contributed by atoms with Gasteiger partial charge in [-0.1, -0.05) is 154 Å². The number of unbranched alkanes of at least 4 members (excludes halogenated alkanes) is 20. The van der Waals surface area contributed by atoms with Crippen molar-refractivity contribution < 1.29 is 48.1 Å². The quantitative estimate of drug-likeness (QED) is 0.0357. The molecule has 0 saturated carbocycles. The summed E-state index contributed by atoms with van der Waals surface area (Å²) in [6.45, 7) is 6.72. The summed E-state index contributed by atoms with van der Waals surface area (Å²) in [6.07, 6.45) is 28.7. The summed E-state index contributed by atoms with van der Waals surface area (Å²) in [4.78, 5) is 75.4. The highest BCUT2D eigenvalue weighted by atomic mass is 32.2. The molecule has 0 aliphatic heterocycles. The molecular formula is C49H87N5O10S. The molecule has 0 saturated heterocycles. The maximum atomic E-state index is 12.8. The standard InChI is InChI=1S/C49H87N5O10S/c1-4-7-9-11-13-15-17-19-21-23-25-30-47(59)62-40-43(64-48(60)31-26-24-22-20-18-16-14-12-10-8-5-2)41-63-49(61)39-54-38-42(51-52-54)28-27-29-44(55)50-33-34-53(45(56)6-3)35-37-65-36-32-46(57)58/h38,43H,4-37,39-41H2,1-3H3,(H,50,55)(H,57,58). The number of carboxylic acid groups (broad SMARTS) is 1. The largest absolute Gasteiger partial charge is 0.481 e. The van der Waals surface area contributed by atoms with E-state index in [2.05, 4.69) is 29.5 Å². The predicted octanol–water partition coefficient (Wildman–Crippen LogP) is 9.56. The van der Waals surface area contributed by atoms with Gasteiger partial charge in [0.15, 0.2) is 6.10 Å². The average Bonchev–Trinajstić information content (AvgIpc) is 3.73. The molecule has 1 aromatic rings. The Morgan fingerprint density at radius 3 is 1.71 bits per heavy atom. The second-order valence-electron chi connectivity index (χ2n) is 17.2. The fourth-order valence-electron chi connectivity index (χ4n) is 7.25. The van der Waals surface area contributed by atoms with Crippen LogP contribution in [0.25, 0.3) is 0 Å². The molecule has 0 aromatic carbocycles. The van der Waals surface area contributed by atoms with Crippen molar-refractivity contribution in [3.63, 3.8) is 0 Å². The molecule has 2 amide bonds. The van der Waals surface area contributed by atoms with Gasteiger partial charge in [0, 0.05) is 63.0 Å². The average molecular weight is 938 g/mol. The SMILES string of the molecule is CCCCCCCCCCCCCC(=O)OCC(COC(=O)Cn1cc(CCCC(=O)NCCN(CCSCCC(=O)O)C(=O)CC)nn1)OC(=O)CCCCCCCCCCCCC. The van der Waals surface area contributed by atoms with Gasteiger partial charge in [-0.25, -0.2) is 4.68 Å². The van der Waals surface area contributed by atoms with Crippen LogP contribution in [0.4, 0.5) is 0 Å². The maximum absolute atomic E-state index is 12.8. The molecule has 1 heterocycles. The fraction of sp³-hybridized carbons (Fsp3) is 0.837. The molecule has 1 atom stereocenters. The Labute approximate surface area is 395 Å². The Kier molecular flexibility index (Phi) is 38.1. The molecule has 0 radical (unpaired) electrons. The topological polar surface area (TPSA) is 196 Å². The molecule has 1 unspecified atom stereocenters. The Morgan fingerprint density at radius 2 is 1.17 bits per heavy atom. The van der Waals surface area contributed by atoms with E-state index < -0.39 is 24.0 Å². The monoisotopic (exact) mass is 938 g/mol. The molecule has 16 heteroatoms. The number of carbonyl (C=O) groups excluding carboxylic acids is 5. The summed E-state index contributed by atoms with van der Waals surface area (Å²) in [5.41, 5.74) is 0.602. The van der Waals surface area contributed by atoms with Gasteiger partial charge >= 0.3 is 23.9 Å². The molecule has 0 spiro atoms. The lowest BCUT2D eigenvalue weighted by Gasteiger charge is -2.22. The van der Waals surface area contributed by atoms with E-state index in [9.17, 15) is 28.8 Å². The first kappa shape index (κ1) is 59.3. The summed E-state index contributed by atoms with van der Waals surface area (Å²) in [5, 5.41) is 19.8. The molecule has 2 N–H and O–H groups in total. The van der Waals surface area contributed by atoms with E-state index in [-0.39, 0.29) is 63.2 Å². The number of carbonyl (C=O) groups is 6. The molecule has 374 valence electrons. The van der Waals surface area contributed by atoms with Crippen LogP contribution in [0.5, 0.6) is 0 Å². The zero-order valence-corrected chi connectivity index (χ0v) is 41.5. The lowest BCUT2D eigenvalue weighted by atomic mass is 10.1. The van der Waals surface area contributed by atoms with Gasteiger partial charge < -0.3 is 29.5 Å². The highest BCUT2D eigenvalue weighted by Gasteiger charge is 2.20. The normalized spacial score (nSPS) is 11.6. The van der Waals surface area contributed by atoms with E-state index in [0.29, 0.717) is 62.5 Å². The van der Waals surface area contributed by atoms with Gasteiger partial charge in [0.1, 0.15) is 19.8 Å². The third-order valence-electron chi connectivity index (χ3n) is 11.2. The first-order valence-corrected chi connectivity index (χ1v) is 26.5. The van der Waals surface area contributed by atoms with Gasteiger partial charge in [-0.15, -0.1) is 5.10 Å². The van der Waals surface area contributed by atoms with E-state index in [4.69, 9.17) is 19.3 Å². The van der Waals surface area contributed by atoms with Crippen molar-refractivity contribution in [2.45, 2.75) is 220 Å². The number of aliphatic carboxylic acids is 1. The highest BCUT2D eigenvalue weighted by molar-refractivity contribution is 7.99. The van der Waals surface area contributed by atoms with E-state index in [1.54, 1.807) is 18.0 Å². The molecule has 15 nitrogen and oxygen atoms in total. The fourth-order valence-corrected chi connectivity index (χ4v) is 8.12. The lowest BCUT2D eigenvalue weighted by Crippen LogP contribution is -2.39. The Hall–Kier alpha value is -3.69. The van der Waals surface area contributed by atoms with E-state index >= 15 is 0 Å². The van der Waals surface area contributed by atoms with E-state index in [1.807, 2.05) is 0 Å². The molecule has 1 rings (SSSR count). The summed E-state index contributed by atoms with van der Waals surface area (Å²) in [5.74, 6) is -1.31. The minimum Gasteiger partial charge on any atom is -0.481 e. The Bertz CT molecular complexity index is 1410. The number of nitrogens with zero attached hydrogens (tertiary/aromatic N) is 4. The van der Waals surface area contributed by atoms with Crippen LogP contribution < -0.4 is 5.32 Å². The van der Waals surface area contributed by atoms with Crippen molar-refractivity contribution >= 4 is 47.5 Å². The number of thioether (sulfide) groups is 1. The maximum Gasteiger partial charge on any atom is 0.327 e. The van der Waals surface area contributed by atoms with Crippen molar-refractivity contribution in [2.24, 2.45) is 0 Å². The summed E-state index contributed by atoms with van der Waals surface area (Å²) < 4.78 is 18.0. The highest BCUT2D eigenvalue weighted by Crippen LogP contribution is 2.15. The van der Waals surface area contributed by atoms with Gasteiger partial charge in [0.2, 0.25) is 11.8 Å². The van der Waals surface area contributed by atoms with Gasteiger partial charge in [0.05, 0.1) is 12.1 Å². The summed E-state index contributed by atoms with van der Waals surface area (Å²) in [7, 11) is 0. The molecule has 0 fully saturated rings. The number of aryl methyl sites for hydroxylation is 1. The van der Waals surface area contributed by atoms with Crippen molar-refractivity contribution in [3.05, 3.63) is 11.9 Å². The number of rotatable bonds is 45. The van der Waals surface area contributed by atoms with Crippen LogP contribution in [-0.4, -0.2) is 111 Å². The van der Waals surface area contributed by atoms with Crippen molar-refractivity contribution in [2.75, 3.05) is 44.4 Å². The van der Waals surface area contributed by atoms with Crippen LogP contribution in [0.2, 0.25) is 0 Å². The van der Waals surface area contributed by atoms with Gasteiger partial charge in [0.25, 0.3) is 0 Å². The minimum atomic E-state index is -0.928. The number of amides is 2. The Balaban J connectivity index is 2.50. The molecule has 65 heavy (non-hydrogen) atoms. The summed E-state index contributed by atoms with van der Waals surface area (Å²) in [6, 6.07) is 0. The van der Waals surface area contributed by atoms with E-state index in [1.165, 1.54) is 113 Å². The number of hydrogen-bond donors (Lipinski definition) is 2. The van der Waals surface area contributed by atoms with Crippen LogP contribution in [0.3, 0.4) is 0 Å². The summed E-state index contributed by atoms with van der Waals surface area (Å²) >= 11 is 1.48.